The fourth-order valence-corrected chi connectivity index (χ4v) is 2.76. The van der Waals surface area contributed by atoms with Gasteiger partial charge in [-0.15, -0.1) is 0 Å². The molecule has 0 fully saturated rings. The average molecular weight is 301 g/mol. The zero-order valence-electron chi connectivity index (χ0n) is 10.7. The number of halogens is 2. The summed E-state index contributed by atoms with van der Waals surface area (Å²) in [5.74, 6) is -0.109. The Labute approximate surface area is 111 Å². The summed E-state index contributed by atoms with van der Waals surface area (Å²) in [5, 5.41) is 0. The highest BCUT2D eigenvalue weighted by Gasteiger charge is 2.27. The number of benzene rings is 1. The Morgan fingerprint density at radius 1 is 1.35 bits per heavy atom. The second kappa shape index (κ2) is 5.30. The lowest BCUT2D eigenvalue weighted by Crippen LogP contribution is -2.30. The first-order chi connectivity index (χ1) is 7.70. The second-order valence-corrected chi connectivity index (χ2v) is 6.53. The maximum absolute atomic E-state index is 13.2. The number of hydrogen-bond acceptors (Lipinski definition) is 1. The SMILES string of the molecule is Cc1cc(F)cc(CC(Br)C(=O)C(C)(C)C)c1. The highest BCUT2D eigenvalue weighted by atomic mass is 79.9. The summed E-state index contributed by atoms with van der Waals surface area (Å²) in [4.78, 5) is 11.7. The van der Waals surface area contributed by atoms with Crippen LogP contribution in [0.2, 0.25) is 0 Å². The predicted octanol–water partition coefficient (Wildman–Crippen LogP) is 4.06. The van der Waals surface area contributed by atoms with Crippen molar-refractivity contribution in [1.82, 2.24) is 0 Å². The van der Waals surface area contributed by atoms with Gasteiger partial charge in [0.05, 0.1) is 4.83 Å². The van der Waals surface area contributed by atoms with Crippen LogP contribution in [0.4, 0.5) is 4.39 Å². The molecule has 0 N–H and O–H groups in total. The number of Topliss-reactive ketones (excluding diaryl/α,β-unsaturated/α-hetero) is 1. The van der Waals surface area contributed by atoms with Crippen LogP contribution in [-0.4, -0.2) is 10.6 Å². The molecule has 0 aliphatic carbocycles. The monoisotopic (exact) mass is 300 g/mol. The molecular formula is C14H18BrFO. The largest absolute Gasteiger partial charge is 0.298 e. The summed E-state index contributed by atoms with van der Waals surface area (Å²) in [5.41, 5.74) is 1.35. The van der Waals surface area contributed by atoms with Crippen LogP contribution in [0.25, 0.3) is 0 Å². The molecule has 0 aliphatic rings. The molecule has 0 saturated heterocycles. The van der Waals surface area contributed by atoms with Crippen molar-refractivity contribution >= 4 is 21.7 Å². The summed E-state index contributed by atoms with van der Waals surface area (Å²) in [6.45, 7) is 7.52. The molecule has 3 heteroatoms. The Morgan fingerprint density at radius 3 is 2.41 bits per heavy atom. The molecule has 1 rings (SSSR count). The van der Waals surface area contributed by atoms with Crippen LogP contribution in [0.3, 0.4) is 0 Å². The maximum Gasteiger partial charge on any atom is 0.152 e. The zero-order chi connectivity index (χ0) is 13.2. The van der Waals surface area contributed by atoms with Gasteiger partial charge in [0.2, 0.25) is 0 Å². The first kappa shape index (κ1) is 14.4. The van der Waals surface area contributed by atoms with E-state index < -0.39 is 0 Å². The van der Waals surface area contributed by atoms with Crippen molar-refractivity contribution in [1.29, 1.82) is 0 Å². The highest BCUT2D eigenvalue weighted by molar-refractivity contribution is 9.10. The molecule has 0 radical (unpaired) electrons. The molecule has 1 unspecified atom stereocenters. The average Bonchev–Trinajstić information content (AvgIpc) is 2.13. The third kappa shape index (κ3) is 4.23. The number of hydrogen-bond donors (Lipinski definition) is 0. The van der Waals surface area contributed by atoms with Crippen LogP contribution in [0.15, 0.2) is 18.2 Å². The van der Waals surface area contributed by atoms with Gasteiger partial charge in [-0.25, -0.2) is 4.39 Å². The minimum atomic E-state index is -0.378. The number of carbonyl (C=O) groups is 1. The lowest BCUT2D eigenvalue weighted by atomic mass is 9.87. The zero-order valence-corrected chi connectivity index (χ0v) is 12.3. The molecular weight excluding hydrogens is 283 g/mol. The summed E-state index contributed by atoms with van der Waals surface area (Å²) in [7, 11) is 0. The molecule has 0 heterocycles. The molecule has 0 aliphatic heterocycles. The van der Waals surface area contributed by atoms with Crippen LogP contribution in [0.5, 0.6) is 0 Å². The molecule has 1 aromatic rings. The van der Waals surface area contributed by atoms with Crippen molar-refractivity contribution in [3.8, 4) is 0 Å². The molecule has 0 amide bonds. The second-order valence-electron chi connectivity index (χ2n) is 5.42. The van der Waals surface area contributed by atoms with Gasteiger partial charge >= 0.3 is 0 Å². The van der Waals surface area contributed by atoms with Crippen LogP contribution >= 0.6 is 15.9 Å². The molecule has 1 atom stereocenters. The van der Waals surface area contributed by atoms with E-state index in [1.165, 1.54) is 12.1 Å². The first-order valence-electron chi connectivity index (χ1n) is 5.64. The number of alkyl halides is 1. The van der Waals surface area contributed by atoms with Gasteiger partial charge < -0.3 is 0 Å². The Bertz CT molecular complexity index is 400. The summed E-state index contributed by atoms with van der Waals surface area (Å²) >= 11 is 3.39. The molecule has 1 aromatic carbocycles. The van der Waals surface area contributed by atoms with Gasteiger partial charge in [0.1, 0.15) is 5.82 Å². The smallest absolute Gasteiger partial charge is 0.152 e. The Morgan fingerprint density at radius 2 is 1.94 bits per heavy atom. The van der Waals surface area contributed by atoms with E-state index in [0.29, 0.717) is 6.42 Å². The van der Waals surface area contributed by atoms with Crippen LogP contribution in [0.1, 0.15) is 31.9 Å². The van der Waals surface area contributed by atoms with E-state index in [-0.39, 0.29) is 21.8 Å². The number of aryl methyl sites for hydroxylation is 1. The van der Waals surface area contributed by atoms with Gasteiger partial charge in [-0.05, 0) is 36.6 Å². The van der Waals surface area contributed by atoms with Crippen LogP contribution in [0, 0.1) is 18.2 Å². The van der Waals surface area contributed by atoms with Crippen molar-refractivity contribution in [2.45, 2.75) is 38.9 Å². The van der Waals surface area contributed by atoms with E-state index in [4.69, 9.17) is 0 Å². The third-order valence-electron chi connectivity index (χ3n) is 2.54. The van der Waals surface area contributed by atoms with E-state index in [1.54, 1.807) is 0 Å². The molecule has 0 aromatic heterocycles. The topological polar surface area (TPSA) is 17.1 Å². The third-order valence-corrected chi connectivity index (χ3v) is 3.28. The van der Waals surface area contributed by atoms with E-state index >= 15 is 0 Å². The standard InChI is InChI=1S/C14H18BrFO/c1-9-5-10(7-11(16)6-9)8-12(15)13(17)14(2,3)4/h5-7,12H,8H2,1-4H3. The number of carbonyl (C=O) groups excluding carboxylic acids is 1. The van der Waals surface area contributed by atoms with Crippen molar-refractivity contribution in [3.05, 3.63) is 35.1 Å². The molecule has 0 spiro atoms. The van der Waals surface area contributed by atoms with Crippen LogP contribution in [-0.2, 0) is 11.2 Å². The van der Waals surface area contributed by atoms with Gasteiger partial charge in [-0.3, -0.25) is 4.79 Å². The summed E-state index contributed by atoms with van der Waals surface area (Å²) < 4.78 is 13.2. The normalized spacial score (nSPS) is 13.5. The van der Waals surface area contributed by atoms with Crippen molar-refractivity contribution in [3.63, 3.8) is 0 Å². The van der Waals surface area contributed by atoms with Gasteiger partial charge in [0.25, 0.3) is 0 Å². The van der Waals surface area contributed by atoms with Crippen molar-refractivity contribution in [2.24, 2.45) is 5.41 Å². The van der Waals surface area contributed by atoms with E-state index in [9.17, 15) is 9.18 Å². The Kier molecular flexibility index (Phi) is 4.48. The van der Waals surface area contributed by atoms with Gasteiger partial charge in [0.15, 0.2) is 5.78 Å². The quantitative estimate of drug-likeness (QED) is 0.770. The first-order valence-corrected chi connectivity index (χ1v) is 6.56. The Hall–Kier alpha value is -0.700. The summed E-state index contributed by atoms with van der Waals surface area (Å²) in [6.07, 6.45) is 0.523. The van der Waals surface area contributed by atoms with Crippen molar-refractivity contribution < 1.29 is 9.18 Å². The molecule has 0 bridgehead atoms. The van der Waals surface area contributed by atoms with Gasteiger partial charge in [-0.2, -0.15) is 0 Å². The minimum Gasteiger partial charge on any atom is -0.298 e. The fourth-order valence-electron chi connectivity index (χ4n) is 1.70. The van der Waals surface area contributed by atoms with Crippen molar-refractivity contribution in [2.75, 3.05) is 0 Å². The Balaban J connectivity index is 2.81. The fraction of sp³-hybridized carbons (Fsp3) is 0.500. The van der Waals surface area contributed by atoms with E-state index in [1.807, 2.05) is 33.8 Å². The minimum absolute atomic E-state index is 0.138. The summed E-state index contributed by atoms with van der Waals surface area (Å²) in [6, 6.07) is 4.88. The lowest BCUT2D eigenvalue weighted by Gasteiger charge is -2.20. The molecule has 1 nitrogen and oxygen atoms in total. The predicted molar refractivity (Wildman–Crippen MR) is 72.0 cm³/mol. The highest BCUT2D eigenvalue weighted by Crippen LogP contribution is 2.23. The van der Waals surface area contributed by atoms with E-state index in [2.05, 4.69) is 15.9 Å². The van der Waals surface area contributed by atoms with E-state index in [0.717, 1.165) is 11.1 Å². The number of rotatable bonds is 3. The van der Waals surface area contributed by atoms with Gasteiger partial charge in [0, 0.05) is 5.41 Å². The number of ketones is 1. The van der Waals surface area contributed by atoms with Crippen LogP contribution < -0.4 is 0 Å². The molecule has 94 valence electrons. The molecule has 17 heavy (non-hydrogen) atoms. The lowest BCUT2D eigenvalue weighted by molar-refractivity contribution is -0.125. The molecule has 0 saturated carbocycles. The maximum atomic E-state index is 13.2. The van der Waals surface area contributed by atoms with Gasteiger partial charge in [-0.1, -0.05) is 42.8 Å².